The van der Waals surface area contributed by atoms with Gasteiger partial charge in [-0.2, -0.15) is 9.78 Å². The molecular formula is C18H22N5S2+. The summed E-state index contributed by atoms with van der Waals surface area (Å²) in [5.74, 6) is 1.79. The largest absolute Gasteiger partial charge is 0.308 e. The highest BCUT2D eigenvalue weighted by atomic mass is 32.1. The first kappa shape index (κ1) is 15.7. The molecule has 1 aromatic carbocycles. The van der Waals surface area contributed by atoms with E-state index in [2.05, 4.69) is 35.9 Å². The molecule has 3 aromatic rings. The number of quaternary nitrogens is 1. The lowest BCUT2D eigenvalue weighted by atomic mass is 10.2. The number of nitrogens with one attached hydrogen (secondary N) is 1. The Balaban J connectivity index is 1.43. The fourth-order valence-corrected chi connectivity index (χ4v) is 5.29. The molecule has 2 fully saturated rings. The number of rotatable bonds is 4. The molecule has 1 aliphatic heterocycles. The molecule has 2 atom stereocenters. The Morgan fingerprint density at radius 3 is 2.92 bits per heavy atom. The fraction of sp³-hybridized carbons (Fsp3) is 0.500. The number of thiazole rings is 1. The molecule has 0 radical (unpaired) electrons. The van der Waals surface area contributed by atoms with E-state index < -0.39 is 0 Å². The number of hydrogen-bond acceptors (Lipinski definition) is 4. The van der Waals surface area contributed by atoms with Crippen LogP contribution in [0, 0.1) is 4.77 Å². The molecule has 1 saturated heterocycles. The van der Waals surface area contributed by atoms with Gasteiger partial charge in [-0.25, -0.2) is 4.98 Å². The van der Waals surface area contributed by atoms with Crippen LogP contribution in [0.15, 0.2) is 24.3 Å². The molecule has 0 amide bonds. The molecule has 1 N–H and O–H groups in total. The topological polar surface area (TPSA) is 40.1 Å². The molecule has 2 aromatic heterocycles. The molecule has 130 valence electrons. The Kier molecular flexibility index (Phi) is 3.76. The zero-order chi connectivity index (χ0) is 17.0. The van der Waals surface area contributed by atoms with E-state index in [0.29, 0.717) is 12.0 Å². The van der Waals surface area contributed by atoms with Crippen molar-refractivity contribution in [2.45, 2.75) is 44.3 Å². The van der Waals surface area contributed by atoms with Crippen molar-refractivity contribution >= 4 is 33.8 Å². The average molecular weight is 373 g/mol. The maximum Gasteiger partial charge on any atom is 0.202 e. The molecule has 0 spiro atoms. The number of para-hydroxylation sites is 1. The van der Waals surface area contributed by atoms with Gasteiger partial charge in [-0.3, -0.25) is 0 Å². The van der Waals surface area contributed by atoms with Crippen LogP contribution in [0.5, 0.6) is 0 Å². The van der Waals surface area contributed by atoms with E-state index in [1.807, 2.05) is 16.0 Å². The second-order valence-electron chi connectivity index (χ2n) is 7.25. The summed E-state index contributed by atoms with van der Waals surface area (Å²) in [6, 6.07) is 8.90. The summed E-state index contributed by atoms with van der Waals surface area (Å²) in [5, 5.41) is 6.11. The van der Waals surface area contributed by atoms with Gasteiger partial charge in [0.1, 0.15) is 11.9 Å². The van der Waals surface area contributed by atoms with Crippen LogP contribution in [0.3, 0.4) is 0 Å². The third kappa shape index (κ3) is 2.74. The van der Waals surface area contributed by atoms with Crippen LogP contribution in [-0.2, 0) is 13.7 Å². The molecule has 2 aliphatic rings. The van der Waals surface area contributed by atoms with Gasteiger partial charge in [0.25, 0.3) is 0 Å². The lowest BCUT2D eigenvalue weighted by Crippen LogP contribution is -3.09. The molecule has 1 saturated carbocycles. The SMILES string of the molecule is Cn1c(C2CC2)nn(C[NH+]2CCC[C@H]2c2nc3ccccc3s2)c1=S. The van der Waals surface area contributed by atoms with Crippen LogP contribution in [0.25, 0.3) is 10.2 Å². The van der Waals surface area contributed by atoms with Crippen molar-refractivity contribution < 1.29 is 4.90 Å². The quantitative estimate of drug-likeness (QED) is 0.716. The average Bonchev–Trinajstić information content (AvgIpc) is 3.10. The Morgan fingerprint density at radius 1 is 1.28 bits per heavy atom. The summed E-state index contributed by atoms with van der Waals surface area (Å²) in [7, 11) is 2.06. The van der Waals surface area contributed by atoms with Crippen LogP contribution in [0.2, 0.25) is 0 Å². The lowest BCUT2D eigenvalue weighted by molar-refractivity contribution is -0.941. The molecule has 0 bridgehead atoms. The normalized spacial score (nSPS) is 23.6. The van der Waals surface area contributed by atoms with Gasteiger partial charge in [0, 0.05) is 25.8 Å². The van der Waals surface area contributed by atoms with Crippen molar-refractivity contribution in [1.29, 1.82) is 0 Å². The minimum absolute atomic E-state index is 0.464. The first-order valence-corrected chi connectivity index (χ1v) is 10.3. The predicted molar refractivity (Wildman–Crippen MR) is 101 cm³/mol. The highest BCUT2D eigenvalue weighted by molar-refractivity contribution is 7.71. The number of aromatic nitrogens is 4. The van der Waals surface area contributed by atoms with Gasteiger partial charge in [-0.15, -0.1) is 11.3 Å². The summed E-state index contributed by atoms with van der Waals surface area (Å²) in [5.41, 5.74) is 1.12. The second kappa shape index (κ2) is 6.00. The molecule has 1 unspecified atom stereocenters. The van der Waals surface area contributed by atoms with Crippen molar-refractivity contribution in [3.8, 4) is 0 Å². The Morgan fingerprint density at radius 2 is 2.12 bits per heavy atom. The third-order valence-corrected chi connectivity index (χ3v) is 7.10. The highest BCUT2D eigenvalue weighted by Crippen LogP contribution is 2.38. The van der Waals surface area contributed by atoms with Crippen molar-refractivity contribution in [2.24, 2.45) is 7.05 Å². The molecule has 3 heterocycles. The van der Waals surface area contributed by atoms with E-state index in [1.165, 1.54) is 46.1 Å². The molecular weight excluding hydrogens is 350 g/mol. The molecule has 7 heteroatoms. The van der Waals surface area contributed by atoms with E-state index in [0.717, 1.165) is 23.5 Å². The zero-order valence-electron chi connectivity index (χ0n) is 14.3. The number of hydrogen-bond donors (Lipinski definition) is 1. The van der Waals surface area contributed by atoms with Gasteiger partial charge >= 0.3 is 0 Å². The Labute approximate surface area is 155 Å². The first-order valence-electron chi connectivity index (χ1n) is 9.04. The van der Waals surface area contributed by atoms with Crippen molar-refractivity contribution in [3.63, 3.8) is 0 Å². The molecule has 5 rings (SSSR count). The number of likely N-dealkylation sites (tertiary alicyclic amines) is 1. The lowest BCUT2D eigenvalue weighted by Gasteiger charge is -2.19. The molecule has 5 nitrogen and oxygen atoms in total. The van der Waals surface area contributed by atoms with Crippen LogP contribution < -0.4 is 4.90 Å². The fourth-order valence-electron chi connectivity index (χ4n) is 3.94. The maximum absolute atomic E-state index is 5.64. The van der Waals surface area contributed by atoms with E-state index in [9.17, 15) is 0 Å². The Hall–Kier alpha value is -1.57. The van der Waals surface area contributed by atoms with Crippen LogP contribution in [-0.4, -0.2) is 25.9 Å². The number of fused-ring (bicyclic) bond motifs is 1. The van der Waals surface area contributed by atoms with Crippen LogP contribution >= 0.6 is 23.6 Å². The predicted octanol–water partition coefficient (Wildman–Crippen LogP) is 2.82. The summed E-state index contributed by atoms with van der Waals surface area (Å²) < 4.78 is 6.29. The number of benzene rings is 1. The van der Waals surface area contributed by atoms with Gasteiger partial charge in [0.15, 0.2) is 11.7 Å². The second-order valence-corrected chi connectivity index (χ2v) is 8.68. The summed E-state index contributed by atoms with van der Waals surface area (Å²) in [6.07, 6.45) is 4.95. The number of nitrogens with zero attached hydrogens (tertiary/aromatic N) is 4. The molecule has 25 heavy (non-hydrogen) atoms. The van der Waals surface area contributed by atoms with Gasteiger partial charge in [-0.1, -0.05) is 12.1 Å². The van der Waals surface area contributed by atoms with Gasteiger partial charge in [0.05, 0.1) is 16.8 Å². The van der Waals surface area contributed by atoms with Crippen molar-refractivity contribution in [1.82, 2.24) is 19.3 Å². The van der Waals surface area contributed by atoms with Crippen molar-refractivity contribution in [3.05, 3.63) is 39.9 Å². The van der Waals surface area contributed by atoms with Crippen LogP contribution in [0.1, 0.15) is 48.5 Å². The van der Waals surface area contributed by atoms with Gasteiger partial charge in [0.2, 0.25) is 4.77 Å². The summed E-state index contributed by atoms with van der Waals surface area (Å²) in [4.78, 5) is 6.44. The minimum atomic E-state index is 0.464. The summed E-state index contributed by atoms with van der Waals surface area (Å²) in [6.45, 7) is 2.01. The van der Waals surface area contributed by atoms with Crippen molar-refractivity contribution in [2.75, 3.05) is 6.54 Å². The van der Waals surface area contributed by atoms with Gasteiger partial charge in [-0.05, 0) is 37.2 Å². The first-order chi connectivity index (χ1) is 12.2. The van der Waals surface area contributed by atoms with E-state index in [1.54, 1.807) is 0 Å². The summed E-state index contributed by atoms with van der Waals surface area (Å²) >= 11 is 7.48. The van der Waals surface area contributed by atoms with Crippen LogP contribution in [0.4, 0.5) is 0 Å². The van der Waals surface area contributed by atoms with E-state index in [4.69, 9.17) is 22.3 Å². The maximum atomic E-state index is 5.64. The zero-order valence-corrected chi connectivity index (χ0v) is 15.9. The Bertz CT molecular complexity index is 948. The van der Waals surface area contributed by atoms with Gasteiger partial charge < -0.3 is 9.47 Å². The third-order valence-electron chi connectivity index (χ3n) is 5.46. The van der Waals surface area contributed by atoms with E-state index in [-0.39, 0.29) is 0 Å². The highest BCUT2D eigenvalue weighted by Gasteiger charge is 2.34. The van der Waals surface area contributed by atoms with E-state index >= 15 is 0 Å². The smallest absolute Gasteiger partial charge is 0.202 e. The minimum Gasteiger partial charge on any atom is -0.308 e. The monoisotopic (exact) mass is 372 g/mol. The standard InChI is InChI=1S/C18H21N5S2/c1-21-16(12-8-9-12)20-23(18(21)24)11-22-10-4-6-14(22)17-19-13-5-2-3-7-15(13)25-17/h2-3,5,7,12,14H,4,6,8-11H2,1H3/p+1/t14-/m0/s1. The molecule has 1 aliphatic carbocycles.